The van der Waals surface area contributed by atoms with Crippen molar-refractivity contribution < 1.29 is 14.3 Å². The quantitative estimate of drug-likeness (QED) is 0.496. The highest BCUT2D eigenvalue weighted by atomic mass is 32.1. The SMILES string of the molecule is CC(c1[nH]c(-c2ccnc3cc(CN4C(=O)C5C(C4=O)C5(C)C)sc23)cc1N(C)C)[C@H]1CNCCO1. The van der Waals surface area contributed by atoms with E-state index in [0.717, 1.165) is 57.4 Å². The number of hydrogen-bond donors (Lipinski definition) is 2. The number of carbonyl (C=O) groups is 2. The van der Waals surface area contributed by atoms with Crippen LogP contribution in [0.15, 0.2) is 24.4 Å². The third-order valence-corrected chi connectivity index (χ3v) is 9.38. The van der Waals surface area contributed by atoms with Gasteiger partial charge >= 0.3 is 0 Å². The number of carbonyl (C=O) groups excluding carboxylic acids is 2. The molecule has 8 nitrogen and oxygen atoms in total. The Morgan fingerprint density at radius 1 is 1.25 bits per heavy atom. The summed E-state index contributed by atoms with van der Waals surface area (Å²) in [5.74, 6) is -0.166. The number of hydrogen-bond acceptors (Lipinski definition) is 7. The highest BCUT2D eigenvalue weighted by molar-refractivity contribution is 7.19. The van der Waals surface area contributed by atoms with Crippen molar-refractivity contribution in [3.05, 3.63) is 35.0 Å². The van der Waals surface area contributed by atoms with E-state index in [2.05, 4.69) is 47.3 Å². The Labute approximate surface area is 215 Å². The maximum atomic E-state index is 12.8. The molecule has 3 aliphatic rings. The highest BCUT2D eigenvalue weighted by Crippen LogP contribution is 2.63. The first-order valence-corrected chi connectivity index (χ1v) is 13.5. The van der Waals surface area contributed by atoms with Gasteiger partial charge in [0.15, 0.2) is 0 Å². The van der Waals surface area contributed by atoms with E-state index in [1.807, 2.05) is 32.2 Å². The molecule has 2 N–H and O–H groups in total. The van der Waals surface area contributed by atoms with E-state index in [1.54, 1.807) is 11.3 Å². The molecular weight excluding hydrogens is 474 g/mol. The third kappa shape index (κ3) is 3.59. The van der Waals surface area contributed by atoms with Crippen LogP contribution in [0.2, 0.25) is 0 Å². The van der Waals surface area contributed by atoms with E-state index in [4.69, 9.17) is 4.74 Å². The van der Waals surface area contributed by atoms with Crippen LogP contribution in [0.5, 0.6) is 0 Å². The average Bonchev–Trinajstić information content (AvgIpc) is 3.25. The van der Waals surface area contributed by atoms with Crippen LogP contribution in [0.1, 0.15) is 37.3 Å². The molecule has 1 saturated carbocycles. The van der Waals surface area contributed by atoms with Gasteiger partial charge in [-0.3, -0.25) is 19.5 Å². The van der Waals surface area contributed by atoms with Gasteiger partial charge in [-0.1, -0.05) is 20.8 Å². The van der Waals surface area contributed by atoms with Crippen molar-refractivity contribution in [1.29, 1.82) is 0 Å². The lowest BCUT2D eigenvalue weighted by atomic mass is 9.98. The zero-order valence-electron chi connectivity index (χ0n) is 21.4. The van der Waals surface area contributed by atoms with Crippen LogP contribution in [0.25, 0.3) is 21.5 Å². The second-order valence-corrected chi connectivity index (χ2v) is 12.2. The van der Waals surface area contributed by atoms with Crippen molar-refractivity contribution in [2.75, 3.05) is 38.7 Å². The second-order valence-electron chi connectivity index (χ2n) is 11.1. The number of nitrogens with zero attached hydrogens (tertiary/aromatic N) is 3. The Morgan fingerprint density at radius 3 is 2.67 bits per heavy atom. The van der Waals surface area contributed by atoms with Gasteiger partial charge in [0.2, 0.25) is 11.8 Å². The Hall–Kier alpha value is -2.75. The van der Waals surface area contributed by atoms with Gasteiger partial charge in [-0.25, -0.2) is 0 Å². The number of aromatic nitrogens is 2. The largest absolute Gasteiger partial charge is 0.376 e. The molecule has 5 heterocycles. The van der Waals surface area contributed by atoms with Crippen molar-refractivity contribution in [2.24, 2.45) is 17.3 Å². The van der Waals surface area contributed by atoms with E-state index < -0.39 is 0 Å². The molecule has 3 aromatic rings. The van der Waals surface area contributed by atoms with Crippen LogP contribution in [-0.2, 0) is 20.9 Å². The molecule has 190 valence electrons. The monoisotopic (exact) mass is 507 g/mol. The fourth-order valence-electron chi connectivity index (χ4n) is 6.01. The zero-order chi connectivity index (χ0) is 25.4. The molecule has 6 rings (SSSR count). The van der Waals surface area contributed by atoms with E-state index in [0.29, 0.717) is 6.54 Å². The molecule has 3 unspecified atom stereocenters. The van der Waals surface area contributed by atoms with E-state index >= 15 is 0 Å². The van der Waals surface area contributed by atoms with E-state index in [1.165, 1.54) is 4.90 Å². The van der Waals surface area contributed by atoms with Crippen LogP contribution < -0.4 is 10.2 Å². The average molecular weight is 508 g/mol. The molecule has 0 radical (unpaired) electrons. The van der Waals surface area contributed by atoms with Gasteiger partial charge in [0.1, 0.15) is 0 Å². The fourth-order valence-corrected chi connectivity index (χ4v) is 7.14. The number of likely N-dealkylation sites (tertiary alicyclic amines) is 1. The molecule has 9 heteroatoms. The summed E-state index contributed by atoms with van der Waals surface area (Å²) >= 11 is 1.61. The molecule has 2 amide bonds. The van der Waals surface area contributed by atoms with Crippen LogP contribution >= 0.6 is 11.3 Å². The topological polar surface area (TPSA) is 90.6 Å². The lowest BCUT2D eigenvalue weighted by molar-refractivity contribution is -0.143. The molecule has 4 atom stereocenters. The predicted octanol–water partition coefficient (Wildman–Crippen LogP) is 3.59. The van der Waals surface area contributed by atoms with Crippen molar-refractivity contribution >= 4 is 39.1 Å². The van der Waals surface area contributed by atoms with E-state index in [-0.39, 0.29) is 41.1 Å². The maximum Gasteiger partial charge on any atom is 0.234 e. The molecule has 36 heavy (non-hydrogen) atoms. The zero-order valence-corrected chi connectivity index (χ0v) is 22.2. The number of pyridine rings is 1. The number of ether oxygens (including phenoxy) is 1. The fraction of sp³-hybridized carbons (Fsp3) is 0.519. The number of aromatic amines is 1. The molecule has 1 aliphatic carbocycles. The number of morpholine rings is 1. The van der Waals surface area contributed by atoms with Gasteiger partial charge in [-0.2, -0.15) is 0 Å². The molecule has 0 aromatic carbocycles. The summed E-state index contributed by atoms with van der Waals surface area (Å²) in [5.41, 5.74) is 5.09. The lowest BCUT2D eigenvalue weighted by Gasteiger charge is -2.29. The Bertz CT molecular complexity index is 1330. The molecule has 0 spiro atoms. The number of amides is 2. The highest BCUT2D eigenvalue weighted by Gasteiger charge is 2.72. The molecule has 3 aromatic heterocycles. The van der Waals surface area contributed by atoms with Crippen LogP contribution in [-0.4, -0.2) is 66.6 Å². The standard InChI is InChI=1S/C27H33N5O3S/c1-14(20-12-28-8-9-35-20)23-19(31(4)5)11-17(30-23)16-6-7-29-18-10-15(36-24(16)18)13-32-25(33)21-22(26(32)34)27(21,2)3/h6-7,10-11,14,20-22,28,30H,8-9,12-13H2,1-5H3/t14?,20-,21?,22?/m1/s1. The minimum absolute atomic E-state index is 0.0290. The summed E-state index contributed by atoms with van der Waals surface area (Å²) in [7, 11) is 4.12. The predicted molar refractivity (Wildman–Crippen MR) is 141 cm³/mol. The minimum Gasteiger partial charge on any atom is -0.376 e. The van der Waals surface area contributed by atoms with Gasteiger partial charge in [0.05, 0.1) is 47.0 Å². The summed E-state index contributed by atoms with van der Waals surface area (Å²) in [6.45, 7) is 9.01. The van der Waals surface area contributed by atoms with Crippen molar-refractivity contribution in [2.45, 2.75) is 39.3 Å². The number of nitrogens with one attached hydrogen (secondary N) is 2. The number of anilines is 1. The summed E-state index contributed by atoms with van der Waals surface area (Å²) in [5, 5.41) is 3.43. The Morgan fingerprint density at radius 2 is 2.00 bits per heavy atom. The Kier molecular flexibility index (Phi) is 5.51. The molecule has 2 saturated heterocycles. The Balaban J connectivity index is 1.32. The first kappa shape index (κ1) is 23.6. The van der Waals surface area contributed by atoms with Crippen molar-refractivity contribution in [3.8, 4) is 11.3 Å². The van der Waals surface area contributed by atoms with Crippen LogP contribution in [0.3, 0.4) is 0 Å². The normalized spacial score (nSPS) is 25.9. The summed E-state index contributed by atoms with van der Waals surface area (Å²) in [6, 6.07) is 6.24. The van der Waals surface area contributed by atoms with Gasteiger partial charge in [-0.15, -0.1) is 11.3 Å². The van der Waals surface area contributed by atoms with Crippen molar-refractivity contribution in [1.82, 2.24) is 20.2 Å². The maximum absolute atomic E-state index is 12.8. The molecular formula is C27H33N5O3S. The van der Waals surface area contributed by atoms with Gasteiger partial charge in [0.25, 0.3) is 0 Å². The van der Waals surface area contributed by atoms with E-state index in [9.17, 15) is 9.59 Å². The number of H-pyrrole nitrogens is 1. The summed E-state index contributed by atoms with van der Waals surface area (Å²) in [4.78, 5) is 38.5. The van der Waals surface area contributed by atoms with Gasteiger partial charge < -0.3 is 19.9 Å². The number of imide groups is 1. The smallest absolute Gasteiger partial charge is 0.234 e. The van der Waals surface area contributed by atoms with Crippen LogP contribution in [0, 0.1) is 17.3 Å². The number of rotatable bonds is 6. The van der Waals surface area contributed by atoms with Crippen LogP contribution in [0.4, 0.5) is 5.69 Å². The van der Waals surface area contributed by atoms with Crippen molar-refractivity contribution in [3.63, 3.8) is 0 Å². The summed E-state index contributed by atoms with van der Waals surface area (Å²) in [6.07, 6.45) is 1.94. The second kappa shape index (κ2) is 8.39. The third-order valence-electron chi connectivity index (χ3n) is 8.24. The molecule has 0 bridgehead atoms. The number of fused-ring (bicyclic) bond motifs is 2. The minimum atomic E-state index is -0.190. The number of piperidine rings is 1. The first-order chi connectivity index (χ1) is 17.2. The number of thiophene rings is 1. The first-order valence-electron chi connectivity index (χ1n) is 12.6. The van der Waals surface area contributed by atoms with Gasteiger partial charge in [0, 0.05) is 61.1 Å². The molecule has 2 aliphatic heterocycles. The summed E-state index contributed by atoms with van der Waals surface area (Å²) < 4.78 is 7.11. The lowest BCUT2D eigenvalue weighted by Crippen LogP contribution is -2.41. The van der Waals surface area contributed by atoms with Gasteiger partial charge in [-0.05, 0) is 23.6 Å². The molecule has 3 fully saturated rings.